The molecule has 1 unspecified atom stereocenters. The van der Waals surface area contributed by atoms with E-state index in [1.165, 1.54) is 0 Å². The van der Waals surface area contributed by atoms with Crippen molar-refractivity contribution in [2.24, 2.45) is 5.92 Å². The molecule has 0 spiro atoms. The summed E-state index contributed by atoms with van der Waals surface area (Å²) in [6.45, 7) is 7.34. The van der Waals surface area contributed by atoms with Gasteiger partial charge in [-0.25, -0.2) is 0 Å². The van der Waals surface area contributed by atoms with Crippen molar-refractivity contribution in [3.63, 3.8) is 0 Å². The third-order valence-corrected chi connectivity index (χ3v) is 4.05. The summed E-state index contributed by atoms with van der Waals surface area (Å²) in [6, 6.07) is 4.47. The quantitative estimate of drug-likeness (QED) is 0.876. The van der Waals surface area contributed by atoms with E-state index in [1.807, 2.05) is 12.1 Å². The number of nitrogens with one attached hydrogen (secondary N) is 1. The maximum absolute atomic E-state index is 6.25. The van der Waals surface area contributed by atoms with E-state index in [2.05, 4.69) is 38.2 Å². The Balaban J connectivity index is 1.96. The fraction of sp³-hybridized carbons (Fsp3) is 0.625. The fourth-order valence-corrected chi connectivity index (χ4v) is 2.93. The maximum atomic E-state index is 6.25. The van der Waals surface area contributed by atoms with Crippen molar-refractivity contribution in [3.05, 3.63) is 22.7 Å². The van der Waals surface area contributed by atoms with E-state index in [0.29, 0.717) is 35.9 Å². The Morgan fingerprint density at radius 3 is 2.62 bits per heavy atom. The van der Waals surface area contributed by atoms with Crippen LogP contribution in [0.4, 0.5) is 0 Å². The average Bonchev–Trinajstić information content (AvgIpc) is 2.43. The zero-order valence-electron chi connectivity index (χ0n) is 13.3. The number of likely N-dealkylation sites (N-methyl/N-ethyl adjacent to an activating group) is 1. The molecular weight excluding hydrogens is 288 g/mol. The van der Waals surface area contributed by atoms with E-state index in [4.69, 9.17) is 21.1 Å². The van der Waals surface area contributed by atoms with Gasteiger partial charge >= 0.3 is 0 Å². The molecule has 1 aromatic carbocycles. The normalized spacial score (nSPS) is 15.6. The van der Waals surface area contributed by atoms with Crippen LogP contribution in [0.3, 0.4) is 0 Å². The van der Waals surface area contributed by atoms with Crippen LogP contribution >= 0.6 is 11.6 Å². The maximum Gasteiger partial charge on any atom is 0.179 e. The summed E-state index contributed by atoms with van der Waals surface area (Å²) in [7, 11) is 4.24. The first-order valence-corrected chi connectivity index (χ1v) is 7.82. The van der Waals surface area contributed by atoms with Crippen molar-refractivity contribution in [1.29, 1.82) is 0 Å². The minimum atomic E-state index is 0.512. The van der Waals surface area contributed by atoms with Gasteiger partial charge in [-0.15, -0.1) is 0 Å². The molecule has 1 aromatic rings. The lowest BCUT2D eigenvalue weighted by Crippen LogP contribution is -2.41. The van der Waals surface area contributed by atoms with Crippen LogP contribution in [0, 0.1) is 5.92 Å². The SMILES string of the molecule is CC(C)C(CNCc1cc(Cl)c2c(c1)OCCO2)N(C)C. The van der Waals surface area contributed by atoms with Gasteiger partial charge in [-0.1, -0.05) is 25.4 Å². The average molecular weight is 313 g/mol. The van der Waals surface area contributed by atoms with E-state index >= 15 is 0 Å². The summed E-state index contributed by atoms with van der Waals surface area (Å²) < 4.78 is 11.1. The van der Waals surface area contributed by atoms with Crippen molar-refractivity contribution < 1.29 is 9.47 Å². The molecule has 1 aliphatic heterocycles. The van der Waals surface area contributed by atoms with Crippen molar-refractivity contribution in [2.45, 2.75) is 26.4 Å². The molecule has 1 heterocycles. The molecule has 0 aliphatic carbocycles. The highest BCUT2D eigenvalue weighted by Crippen LogP contribution is 2.38. The molecule has 0 aromatic heterocycles. The van der Waals surface area contributed by atoms with Crippen LogP contribution in [-0.2, 0) is 6.54 Å². The number of benzene rings is 1. The lowest BCUT2D eigenvalue weighted by molar-refractivity contribution is 0.171. The van der Waals surface area contributed by atoms with Crippen molar-refractivity contribution in [1.82, 2.24) is 10.2 Å². The third-order valence-electron chi connectivity index (χ3n) is 3.77. The van der Waals surface area contributed by atoms with Crippen LogP contribution in [0.25, 0.3) is 0 Å². The summed E-state index contributed by atoms with van der Waals surface area (Å²) in [5.74, 6) is 2.02. The van der Waals surface area contributed by atoms with E-state index in [-0.39, 0.29) is 0 Å². The van der Waals surface area contributed by atoms with Crippen LogP contribution in [-0.4, -0.2) is 44.8 Å². The monoisotopic (exact) mass is 312 g/mol. The van der Waals surface area contributed by atoms with E-state index < -0.39 is 0 Å². The molecule has 21 heavy (non-hydrogen) atoms. The van der Waals surface area contributed by atoms with Gasteiger partial charge in [0, 0.05) is 19.1 Å². The Hall–Kier alpha value is -0.970. The Morgan fingerprint density at radius 1 is 1.24 bits per heavy atom. The first-order chi connectivity index (χ1) is 9.99. The fourth-order valence-electron chi connectivity index (χ4n) is 2.65. The Kier molecular flexibility index (Phi) is 5.73. The third kappa shape index (κ3) is 4.25. The van der Waals surface area contributed by atoms with Gasteiger partial charge < -0.3 is 19.7 Å². The van der Waals surface area contributed by atoms with Crippen LogP contribution in [0.15, 0.2) is 12.1 Å². The Bertz CT molecular complexity index is 470. The zero-order valence-corrected chi connectivity index (χ0v) is 14.0. The van der Waals surface area contributed by atoms with Crippen LogP contribution in [0.5, 0.6) is 11.5 Å². The highest BCUT2D eigenvalue weighted by Gasteiger charge is 2.18. The lowest BCUT2D eigenvalue weighted by Gasteiger charge is -2.28. The van der Waals surface area contributed by atoms with Gasteiger partial charge in [-0.2, -0.15) is 0 Å². The molecule has 0 fully saturated rings. The minimum Gasteiger partial charge on any atom is -0.486 e. The molecule has 0 saturated carbocycles. The predicted octanol–water partition coefficient (Wildman–Crippen LogP) is 2.79. The molecule has 0 amide bonds. The number of halogens is 1. The predicted molar refractivity (Wildman–Crippen MR) is 86.5 cm³/mol. The van der Waals surface area contributed by atoms with Crippen molar-refractivity contribution in [3.8, 4) is 11.5 Å². The number of hydrogen-bond acceptors (Lipinski definition) is 4. The number of hydrogen-bond donors (Lipinski definition) is 1. The topological polar surface area (TPSA) is 33.7 Å². The Labute approximate surface area is 132 Å². The zero-order chi connectivity index (χ0) is 15.4. The second-order valence-corrected chi connectivity index (χ2v) is 6.41. The summed E-state index contributed by atoms with van der Waals surface area (Å²) in [5, 5.41) is 4.12. The van der Waals surface area contributed by atoms with Crippen LogP contribution < -0.4 is 14.8 Å². The minimum absolute atomic E-state index is 0.512. The highest BCUT2D eigenvalue weighted by atomic mass is 35.5. The van der Waals surface area contributed by atoms with Gasteiger partial charge in [0.05, 0.1) is 5.02 Å². The van der Waals surface area contributed by atoms with Crippen LogP contribution in [0.1, 0.15) is 19.4 Å². The van der Waals surface area contributed by atoms with Crippen molar-refractivity contribution in [2.75, 3.05) is 33.9 Å². The summed E-state index contributed by atoms with van der Waals surface area (Å²) in [6.07, 6.45) is 0. The number of fused-ring (bicyclic) bond motifs is 1. The second-order valence-electron chi connectivity index (χ2n) is 6.01. The number of ether oxygens (including phenoxy) is 2. The molecular formula is C16H25ClN2O2. The van der Waals surface area contributed by atoms with Crippen molar-refractivity contribution >= 4 is 11.6 Å². The second kappa shape index (κ2) is 7.34. The van der Waals surface area contributed by atoms with Gasteiger partial charge in [0.25, 0.3) is 0 Å². The van der Waals surface area contributed by atoms with E-state index in [0.717, 1.165) is 24.4 Å². The smallest absolute Gasteiger partial charge is 0.179 e. The molecule has 4 nitrogen and oxygen atoms in total. The van der Waals surface area contributed by atoms with E-state index in [1.54, 1.807) is 0 Å². The van der Waals surface area contributed by atoms with E-state index in [9.17, 15) is 0 Å². The summed E-state index contributed by atoms with van der Waals surface area (Å²) in [4.78, 5) is 2.26. The molecule has 0 saturated heterocycles. The molecule has 118 valence electrons. The lowest BCUT2D eigenvalue weighted by atomic mass is 10.0. The first kappa shape index (κ1) is 16.4. The largest absolute Gasteiger partial charge is 0.486 e. The van der Waals surface area contributed by atoms with Crippen LogP contribution in [0.2, 0.25) is 5.02 Å². The summed E-state index contributed by atoms with van der Waals surface area (Å²) >= 11 is 6.25. The van der Waals surface area contributed by atoms with Gasteiger partial charge in [0.1, 0.15) is 13.2 Å². The standard InChI is InChI=1S/C16H25ClN2O2/c1-11(2)14(19(3)4)10-18-9-12-7-13(17)16-15(8-12)20-5-6-21-16/h7-8,11,14,18H,5-6,9-10H2,1-4H3. The Morgan fingerprint density at radius 2 is 1.95 bits per heavy atom. The highest BCUT2D eigenvalue weighted by molar-refractivity contribution is 6.32. The molecule has 2 rings (SSSR count). The number of nitrogens with zero attached hydrogens (tertiary/aromatic N) is 1. The molecule has 1 atom stereocenters. The molecule has 0 radical (unpaired) electrons. The number of rotatable bonds is 6. The van der Waals surface area contributed by atoms with Gasteiger partial charge in [0.15, 0.2) is 11.5 Å². The first-order valence-electron chi connectivity index (χ1n) is 7.44. The molecule has 1 aliphatic rings. The summed E-state index contributed by atoms with van der Waals surface area (Å²) in [5.41, 5.74) is 1.12. The van der Waals surface area contributed by atoms with Gasteiger partial charge in [-0.3, -0.25) is 0 Å². The molecule has 1 N–H and O–H groups in total. The van der Waals surface area contributed by atoms with Gasteiger partial charge in [0.2, 0.25) is 0 Å². The molecule has 5 heteroatoms. The molecule has 0 bridgehead atoms. The van der Waals surface area contributed by atoms with Gasteiger partial charge in [-0.05, 0) is 37.7 Å².